The van der Waals surface area contributed by atoms with E-state index >= 15 is 0 Å². The van der Waals surface area contributed by atoms with E-state index in [4.69, 9.17) is 5.73 Å². The van der Waals surface area contributed by atoms with E-state index in [1.54, 1.807) is 24.3 Å². The van der Waals surface area contributed by atoms with E-state index in [0.29, 0.717) is 29.4 Å². The standard InChI is InChI=1S/C29H25FN8O12S4.3Na/c1-2-51(40,41)10-9-15-3-5-17(6-4-15)32-28-34-27(30)35-29(36-28)33-18-7-8-21(23(13-18)53(45,46)47)37-38-25-24(54(48,49)50)12-16-11-22(52(42,43)44)20(31)14-19(16)26(25)39;;;/h2-8,11-14,39H,1,9-10,31H2,(H,42,43,44)(H,45,46,47)(H,48,49,50)(H2,32,33,34,35,36);;;/q;3*+1/p-3. The predicted octanol–water partition coefficient (Wildman–Crippen LogP) is -5.82. The molecule has 57 heavy (non-hydrogen) atoms. The number of nitrogens with one attached hydrogen (secondary N) is 2. The number of phenolic OH excluding ortho intramolecular Hbond substituents is 1. The zero-order valence-electron chi connectivity index (χ0n) is 29.7. The van der Waals surface area contributed by atoms with Gasteiger partial charge in [-0.3, -0.25) is 0 Å². The molecule has 4 aromatic carbocycles. The van der Waals surface area contributed by atoms with Gasteiger partial charge in [-0.05, 0) is 65.9 Å². The molecule has 0 atom stereocenters. The van der Waals surface area contributed by atoms with Gasteiger partial charge >= 0.3 is 94.8 Å². The van der Waals surface area contributed by atoms with Crippen molar-refractivity contribution in [1.29, 1.82) is 0 Å². The van der Waals surface area contributed by atoms with E-state index in [1.165, 1.54) is 0 Å². The molecule has 20 nitrogen and oxygen atoms in total. The van der Waals surface area contributed by atoms with Gasteiger partial charge in [0, 0.05) is 27.9 Å². The van der Waals surface area contributed by atoms with Crippen molar-refractivity contribution in [3.8, 4) is 5.75 Å². The van der Waals surface area contributed by atoms with E-state index in [-0.39, 0.29) is 118 Å². The molecular formula is C29H22FN8Na3O12S4. The Bertz CT molecular complexity index is 2840. The van der Waals surface area contributed by atoms with Crippen molar-refractivity contribution in [2.75, 3.05) is 22.1 Å². The molecule has 0 radical (unpaired) electrons. The molecule has 0 spiro atoms. The normalized spacial score (nSPS) is 11.9. The summed E-state index contributed by atoms with van der Waals surface area (Å²) in [5.41, 5.74) is 4.00. The number of fused-ring (bicyclic) bond motifs is 1. The quantitative estimate of drug-likeness (QED) is 0.0370. The molecule has 0 aliphatic carbocycles. The maximum atomic E-state index is 14.4. The Morgan fingerprint density at radius 3 is 1.81 bits per heavy atom. The summed E-state index contributed by atoms with van der Waals surface area (Å²) in [7, 11) is -19.5. The summed E-state index contributed by atoms with van der Waals surface area (Å²) in [4.78, 5) is 7.67. The summed E-state index contributed by atoms with van der Waals surface area (Å²) >= 11 is 0. The molecule has 5 aromatic rings. The third-order valence-electron chi connectivity index (χ3n) is 7.21. The number of anilines is 5. The van der Waals surface area contributed by atoms with Gasteiger partial charge in [0.1, 0.15) is 41.7 Å². The average molecular weight is 891 g/mol. The van der Waals surface area contributed by atoms with Crippen LogP contribution in [0.3, 0.4) is 0 Å². The van der Waals surface area contributed by atoms with E-state index in [9.17, 15) is 56.8 Å². The van der Waals surface area contributed by atoms with Crippen LogP contribution in [0.5, 0.6) is 5.75 Å². The van der Waals surface area contributed by atoms with E-state index in [0.717, 1.165) is 23.6 Å². The monoisotopic (exact) mass is 890 g/mol. The molecule has 0 aliphatic heterocycles. The van der Waals surface area contributed by atoms with Gasteiger partial charge in [-0.25, -0.2) is 33.7 Å². The Balaban J connectivity index is 0.00000374. The fraction of sp³-hybridized carbons (Fsp3) is 0.0690. The second kappa shape index (κ2) is 19.6. The number of benzene rings is 4. The summed E-state index contributed by atoms with van der Waals surface area (Å²) in [6.07, 6.45) is -1.08. The van der Waals surface area contributed by atoms with Gasteiger partial charge in [-0.1, -0.05) is 18.7 Å². The molecule has 0 aliphatic rings. The molecular weight excluding hydrogens is 869 g/mol. The second-order valence-electron chi connectivity index (χ2n) is 10.9. The van der Waals surface area contributed by atoms with Crippen molar-refractivity contribution in [3.05, 3.63) is 84.3 Å². The van der Waals surface area contributed by atoms with Crippen molar-refractivity contribution in [1.82, 2.24) is 15.0 Å². The van der Waals surface area contributed by atoms with Crippen LogP contribution in [0, 0.1) is 6.08 Å². The summed E-state index contributed by atoms with van der Waals surface area (Å²) in [5.74, 6) is -2.04. The molecule has 28 heteroatoms. The van der Waals surface area contributed by atoms with Crippen LogP contribution in [-0.2, 0) is 46.6 Å². The fourth-order valence-corrected chi connectivity index (χ4v) is 7.28. The average Bonchev–Trinajstić information content (AvgIpc) is 3.06. The molecule has 0 unspecified atom stereocenters. The number of nitrogens with zero attached hydrogens (tertiary/aromatic N) is 5. The largest absolute Gasteiger partial charge is 1.00 e. The molecule has 284 valence electrons. The summed E-state index contributed by atoms with van der Waals surface area (Å²) in [5, 5.41) is 23.1. The Hall–Kier alpha value is -2.70. The summed E-state index contributed by atoms with van der Waals surface area (Å²) in [6.45, 7) is 3.25. The molecule has 1 heterocycles. The van der Waals surface area contributed by atoms with E-state index < -0.39 is 95.1 Å². The molecule has 0 saturated heterocycles. The minimum Gasteiger partial charge on any atom is -0.744 e. The molecule has 0 saturated carbocycles. The van der Waals surface area contributed by atoms with Gasteiger partial charge in [-0.15, -0.1) is 10.2 Å². The third-order valence-corrected chi connectivity index (χ3v) is 11.1. The SMILES string of the molecule is C=CS(=O)(=O)CCc1ccc(Nc2nc(F)nc(Nc3ccc(N=Nc4c(S(=O)(=O)[O-])cc5cc(S(=O)(=O)[O-])c(N)cc5c4O)c(S(=O)(=O)[O-])c3)n2)cc1.[Na+].[Na+].[Na+]. The Kier molecular flexibility index (Phi) is 17.3. The number of azo groups is 1. The number of hydrogen-bond donors (Lipinski definition) is 4. The van der Waals surface area contributed by atoms with Crippen molar-refractivity contribution < 1.29 is 145 Å². The van der Waals surface area contributed by atoms with Crippen LogP contribution in [0.2, 0.25) is 0 Å². The summed E-state index contributed by atoms with van der Waals surface area (Å²) in [6, 6.07) is 11.0. The first-order chi connectivity index (χ1) is 25.0. The number of rotatable bonds is 13. The number of sulfone groups is 1. The van der Waals surface area contributed by atoms with Gasteiger partial charge in [-0.2, -0.15) is 19.3 Å². The van der Waals surface area contributed by atoms with Gasteiger partial charge in [0.25, 0.3) is 0 Å². The van der Waals surface area contributed by atoms with Crippen LogP contribution in [0.1, 0.15) is 5.56 Å². The zero-order chi connectivity index (χ0) is 39.8. The number of nitrogen functional groups attached to an aromatic ring is 1. The van der Waals surface area contributed by atoms with Crippen molar-refractivity contribution in [3.63, 3.8) is 0 Å². The van der Waals surface area contributed by atoms with Gasteiger partial charge in [0.2, 0.25) is 11.9 Å². The van der Waals surface area contributed by atoms with Crippen LogP contribution in [0.25, 0.3) is 10.8 Å². The van der Waals surface area contributed by atoms with Gasteiger partial charge in [0.15, 0.2) is 15.6 Å². The topological polar surface area (TPSA) is 339 Å². The number of hydrogen-bond acceptors (Lipinski definition) is 20. The molecule has 5 rings (SSSR count). The Labute approximate surface area is 390 Å². The van der Waals surface area contributed by atoms with Crippen LogP contribution < -0.4 is 105 Å². The van der Waals surface area contributed by atoms with E-state index in [1.807, 2.05) is 0 Å². The fourth-order valence-electron chi connectivity index (χ4n) is 4.69. The third kappa shape index (κ3) is 12.9. The minimum absolute atomic E-state index is 0. The number of phenols is 1. The predicted molar refractivity (Wildman–Crippen MR) is 185 cm³/mol. The number of aromatic hydroxyl groups is 1. The Morgan fingerprint density at radius 1 is 0.737 bits per heavy atom. The first-order valence-corrected chi connectivity index (χ1v) is 20.4. The first-order valence-electron chi connectivity index (χ1n) is 14.5. The van der Waals surface area contributed by atoms with E-state index in [2.05, 4.69) is 42.4 Å². The van der Waals surface area contributed by atoms with Gasteiger partial charge < -0.3 is 35.1 Å². The van der Waals surface area contributed by atoms with Crippen molar-refractivity contribution in [2.45, 2.75) is 21.1 Å². The summed E-state index contributed by atoms with van der Waals surface area (Å²) < 4.78 is 145. The van der Waals surface area contributed by atoms with Crippen LogP contribution >= 0.6 is 0 Å². The minimum atomic E-state index is -5.52. The first kappa shape index (κ1) is 50.4. The van der Waals surface area contributed by atoms with Crippen LogP contribution in [-0.4, -0.2) is 73.1 Å². The van der Waals surface area contributed by atoms with Crippen LogP contribution in [0.4, 0.5) is 44.7 Å². The van der Waals surface area contributed by atoms with Crippen LogP contribution in [0.15, 0.2) is 97.6 Å². The maximum Gasteiger partial charge on any atom is 1.00 e. The second-order valence-corrected chi connectivity index (χ2v) is 17.0. The molecule has 0 fully saturated rings. The zero-order valence-corrected chi connectivity index (χ0v) is 39.0. The van der Waals surface area contributed by atoms with Gasteiger partial charge in [0.05, 0.1) is 20.4 Å². The molecule has 0 bridgehead atoms. The molecule has 0 amide bonds. The van der Waals surface area contributed by atoms with Crippen molar-refractivity contribution >= 4 is 91.3 Å². The number of nitrogens with two attached hydrogens (primary N) is 1. The maximum absolute atomic E-state index is 14.4. The Morgan fingerprint density at radius 2 is 1.26 bits per heavy atom. The number of halogens is 1. The number of aromatic nitrogens is 3. The number of aryl methyl sites for hydroxylation is 1. The smallest absolute Gasteiger partial charge is 0.744 e. The molecule has 5 N–H and O–H groups in total. The molecule has 1 aromatic heterocycles. The van der Waals surface area contributed by atoms with Crippen molar-refractivity contribution in [2.24, 2.45) is 10.2 Å².